The van der Waals surface area contributed by atoms with Crippen LogP contribution < -0.4 is 4.57 Å². The number of aromatic nitrogens is 1. The van der Waals surface area contributed by atoms with Crippen LogP contribution in [0.25, 0.3) is 39.9 Å². The lowest BCUT2D eigenvalue weighted by atomic mass is 9.87. The Labute approximate surface area is 275 Å². The molecule has 6 rings (SSSR count). The Morgan fingerprint density at radius 2 is 1.40 bits per heavy atom. The maximum absolute atomic E-state index is 13.9. The van der Waals surface area contributed by atoms with Crippen molar-refractivity contribution in [1.29, 1.82) is 0 Å². The number of methoxy groups -OCH3 is 3. The molecule has 0 saturated carbocycles. The Kier molecular flexibility index (Phi) is 8.63. The van der Waals surface area contributed by atoms with Gasteiger partial charge in [-0.3, -0.25) is 10.1 Å². The van der Waals surface area contributed by atoms with Gasteiger partial charge in [-0.2, -0.15) is 4.57 Å². The average molecular weight is 642 g/mol. The molecule has 10 heteroatoms. The predicted molar refractivity (Wildman–Crippen MR) is 178 cm³/mol. The second kappa shape index (κ2) is 13.1. The number of carbonyl (C=O) groups is 3. The zero-order valence-corrected chi connectivity index (χ0v) is 26.2. The Morgan fingerprint density at radius 1 is 0.729 bits per heavy atom. The molecule has 48 heavy (non-hydrogen) atoms. The summed E-state index contributed by atoms with van der Waals surface area (Å²) in [6, 6.07) is 28.0. The van der Waals surface area contributed by atoms with Crippen LogP contribution in [0, 0.1) is 10.1 Å². The van der Waals surface area contributed by atoms with Crippen LogP contribution >= 0.6 is 0 Å². The van der Waals surface area contributed by atoms with Crippen molar-refractivity contribution in [2.45, 2.75) is 5.92 Å². The third kappa shape index (κ3) is 5.39. The van der Waals surface area contributed by atoms with Gasteiger partial charge in [-0.05, 0) is 46.5 Å². The van der Waals surface area contributed by atoms with E-state index in [2.05, 4.69) is 0 Å². The van der Waals surface area contributed by atoms with Crippen molar-refractivity contribution in [3.8, 4) is 11.1 Å². The number of benzene rings is 4. The van der Waals surface area contributed by atoms with Gasteiger partial charge in [0, 0.05) is 29.7 Å². The maximum Gasteiger partial charge on any atom is 0.404 e. The fourth-order valence-corrected chi connectivity index (χ4v) is 6.31. The molecule has 0 fully saturated rings. The summed E-state index contributed by atoms with van der Waals surface area (Å²) in [6.07, 6.45) is 5.06. The zero-order valence-electron chi connectivity index (χ0n) is 26.2. The molecular weight excluding hydrogens is 612 g/mol. The summed E-state index contributed by atoms with van der Waals surface area (Å²) in [7, 11) is 3.77. The Hall–Kier alpha value is -6.42. The number of hydrogen-bond acceptors (Lipinski definition) is 8. The quantitative estimate of drug-likeness (QED) is 0.0479. The number of para-hydroxylation sites is 2. The Morgan fingerprint density at radius 3 is 2.15 bits per heavy atom. The first-order valence-corrected chi connectivity index (χ1v) is 14.9. The van der Waals surface area contributed by atoms with E-state index >= 15 is 0 Å². The Balaban J connectivity index is 1.63. The summed E-state index contributed by atoms with van der Waals surface area (Å²) >= 11 is 0. The third-order valence-corrected chi connectivity index (χ3v) is 8.38. The smallest absolute Gasteiger partial charge is 0.404 e. The minimum absolute atomic E-state index is 0.0101. The molecule has 0 spiro atoms. The lowest BCUT2D eigenvalue weighted by Crippen LogP contribution is -2.40. The number of esters is 3. The van der Waals surface area contributed by atoms with Gasteiger partial charge in [0.15, 0.2) is 6.20 Å². The van der Waals surface area contributed by atoms with Crippen LogP contribution in [0.1, 0.15) is 38.5 Å². The summed E-state index contributed by atoms with van der Waals surface area (Å²) in [5.41, 5.74) is 4.54. The van der Waals surface area contributed by atoms with Gasteiger partial charge in [0.25, 0.3) is 5.69 Å². The standard InChI is InChI=1S/C38H29N2O8/c1-46-36(41)29-16-10-15-28-32(29)26-13-5-6-14-27(26)33(28)34(37(42)47-2)35(38(43)48-3)39-22-21-23(25-12-7-9-18-31(25)39)19-20-24-11-4-8-17-30(24)40(44)45/h4-22,33H,1-3H3/q+1/b20-19+,35-34-. The first-order chi connectivity index (χ1) is 23.3. The lowest BCUT2D eigenvalue weighted by molar-refractivity contribution is -0.550. The minimum Gasteiger partial charge on any atom is -0.465 e. The van der Waals surface area contributed by atoms with Crippen LogP contribution in [0.5, 0.6) is 0 Å². The van der Waals surface area contributed by atoms with E-state index in [1.165, 1.54) is 27.4 Å². The summed E-state index contributed by atoms with van der Waals surface area (Å²) in [6.45, 7) is 0. The number of carbonyl (C=O) groups excluding carboxylic acids is 3. The molecule has 1 heterocycles. The molecule has 0 amide bonds. The molecule has 5 aromatic rings. The molecule has 0 aliphatic heterocycles. The normalized spacial score (nSPS) is 13.8. The highest BCUT2D eigenvalue weighted by molar-refractivity contribution is 6.16. The number of nitro groups is 1. The van der Waals surface area contributed by atoms with Crippen molar-refractivity contribution in [3.63, 3.8) is 0 Å². The van der Waals surface area contributed by atoms with Gasteiger partial charge < -0.3 is 14.2 Å². The first kappa shape index (κ1) is 31.6. The van der Waals surface area contributed by atoms with Gasteiger partial charge in [-0.1, -0.05) is 66.7 Å². The van der Waals surface area contributed by atoms with E-state index in [0.717, 1.165) is 5.56 Å². The molecule has 0 bridgehead atoms. The highest BCUT2D eigenvalue weighted by Gasteiger charge is 2.44. The van der Waals surface area contributed by atoms with Gasteiger partial charge in [0.1, 0.15) is 5.57 Å². The first-order valence-electron chi connectivity index (χ1n) is 14.9. The monoisotopic (exact) mass is 641 g/mol. The lowest BCUT2D eigenvalue weighted by Gasteiger charge is -2.18. The molecule has 4 aromatic carbocycles. The number of pyridine rings is 1. The van der Waals surface area contributed by atoms with Gasteiger partial charge >= 0.3 is 23.6 Å². The summed E-state index contributed by atoms with van der Waals surface area (Å²) in [5.74, 6) is -2.90. The van der Waals surface area contributed by atoms with Crippen LogP contribution in [-0.2, 0) is 23.8 Å². The maximum atomic E-state index is 13.9. The molecular formula is C38H29N2O8+. The van der Waals surface area contributed by atoms with Crippen molar-refractivity contribution >= 4 is 52.3 Å². The second-order valence-electron chi connectivity index (χ2n) is 10.8. The van der Waals surface area contributed by atoms with Gasteiger partial charge in [-0.25, -0.2) is 14.4 Å². The number of ether oxygens (including phenoxy) is 3. The topological polar surface area (TPSA) is 126 Å². The van der Waals surface area contributed by atoms with E-state index in [0.29, 0.717) is 44.3 Å². The van der Waals surface area contributed by atoms with E-state index in [1.54, 1.807) is 71.4 Å². The van der Waals surface area contributed by atoms with Crippen molar-refractivity contribution in [2.75, 3.05) is 21.3 Å². The number of fused-ring (bicyclic) bond motifs is 4. The van der Waals surface area contributed by atoms with E-state index in [-0.39, 0.29) is 17.0 Å². The van der Waals surface area contributed by atoms with E-state index in [1.807, 2.05) is 42.5 Å². The number of nitrogens with zero attached hydrogens (tertiary/aromatic N) is 2. The Bertz CT molecular complexity index is 2200. The summed E-state index contributed by atoms with van der Waals surface area (Å²) < 4.78 is 17.3. The van der Waals surface area contributed by atoms with Crippen LogP contribution in [0.4, 0.5) is 5.69 Å². The van der Waals surface area contributed by atoms with Gasteiger partial charge in [0.2, 0.25) is 5.52 Å². The number of nitro benzene ring substituents is 1. The fraction of sp³-hybridized carbons (Fsp3) is 0.105. The summed E-state index contributed by atoms with van der Waals surface area (Å²) in [5, 5.41) is 12.3. The highest BCUT2D eigenvalue weighted by atomic mass is 16.6. The molecule has 0 radical (unpaired) electrons. The molecule has 238 valence electrons. The van der Waals surface area contributed by atoms with Crippen LogP contribution in [0.15, 0.2) is 109 Å². The molecule has 1 atom stereocenters. The van der Waals surface area contributed by atoms with Crippen molar-refractivity contribution < 1.29 is 38.1 Å². The predicted octanol–water partition coefficient (Wildman–Crippen LogP) is 6.36. The molecule has 1 aromatic heterocycles. The van der Waals surface area contributed by atoms with Gasteiger partial charge in [-0.15, -0.1) is 0 Å². The number of rotatable bonds is 8. The molecule has 0 N–H and O–H groups in total. The van der Waals surface area contributed by atoms with Crippen LogP contribution in [0.2, 0.25) is 0 Å². The van der Waals surface area contributed by atoms with Gasteiger partial charge in [0.05, 0.1) is 42.8 Å². The summed E-state index contributed by atoms with van der Waals surface area (Å²) in [4.78, 5) is 51.8. The molecule has 1 unspecified atom stereocenters. The average Bonchev–Trinajstić information content (AvgIpc) is 3.46. The largest absolute Gasteiger partial charge is 0.465 e. The third-order valence-electron chi connectivity index (χ3n) is 8.38. The van der Waals surface area contributed by atoms with Crippen LogP contribution in [-0.4, -0.2) is 44.2 Å². The minimum atomic E-state index is -0.813. The fourth-order valence-electron chi connectivity index (χ4n) is 6.31. The van der Waals surface area contributed by atoms with E-state index in [4.69, 9.17) is 14.2 Å². The zero-order chi connectivity index (χ0) is 33.9. The van der Waals surface area contributed by atoms with Crippen molar-refractivity contribution in [3.05, 3.63) is 147 Å². The molecule has 1 aliphatic rings. The van der Waals surface area contributed by atoms with Crippen molar-refractivity contribution in [2.24, 2.45) is 0 Å². The molecule has 10 nitrogen and oxygen atoms in total. The SMILES string of the molecule is COC(=O)/C(=C(/C(=O)OC)[n+]1ccc(/C=C/c2ccccc2[N+](=O)[O-])c2ccccc21)C1c2ccccc2-c2c(C(=O)OC)cccc21. The van der Waals surface area contributed by atoms with Crippen molar-refractivity contribution in [1.82, 2.24) is 0 Å². The van der Waals surface area contributed by atoms with Crippen LogP contribution in [0.3, 0.4) is 0 Å². The highest BCUT2D eigenvalue weighted by Crippen LogP contribution is 2.50. The second-order valence-corrected chi connectivity index (χ2v) is 10.8. The van der Waals surface area contributed by atoms with E-state index < -0.39 is 28.7 Å². The van der Waals surface area contributed by atoms with E-state index in [9.17, 15) is 24.5 Å². The molecule has 0 saturated heterocycles. The molecule has 1 aliphatic carbocycles. The number of hydrogen-bond donors (Lipinski definition) is 0.